The second-order valence-corrected chi connectivity index (χ2v) is 6.07. The molecule has 0 aliphatic carbocycles. The molecule has 0 spiro atoms. The van der Waals surface area contributed by atoms with Crippen LogP contribution in [0.1, 0.15) is 28.0 Å². The van der Waals surface area contributed by atoms with Gasteiger partial charge in [-0.2, -0.15) is 0 Å². The minimum Gasteiger partial charge on any atom is -0.307 e. The molecule has 0 saturated carbocycles. The topological polar surface area (TPSA) is 51.0 Å². The molecule has 0 unspecified atom stereocenters. The Kier molecular flexibility index (Phi) is 3.61. The molecule has 0 radical (unpaired) electrons. The third-order valence-corrected chi connectivity index (χ3v) is 4.37. The average Bonchev–Trinajstić information content (AvgIpc) is 3.11. The highest BCUT2D eigenvalue weighted by Gasteiger charge is 2.25. The Morgan fingerprint density at radius 2 is 1.88 bits per heavy atom. The maximum atomic E-state index is 12.9. The fourth-order valence-corrected chi connectivity index (χ4v) is 3.07. The lowest BCUT2D eigenvalue weighted by Gasteiger charge is -2.28. The van der Waals surface area contributed by atoms with E-state index in [0.717, 1.165) is 24.2 Å². The van der Waals surface area contributed by atoms with Gasteiger partial charge in [-0.3, -0.25) is 4.79 Å². The van der Waals surface area contributed by atoms with Crippen molar-refractivity contribution < 1.29 is 4.79 Å². The van der Waals surface area contributed by atoms with Crippen molar-refractivity contribution in [3.63, 3.8) is 0 Å². The van der Waals surface area contributed by atoms with Gasteiger partial charge in [-0.05, 0) is 43.5 Å². The monoisotopic (exact) mass is 318 g/mol. The zero-order chi connectivity index (χ0) is 16.5. The Labute approximate surface area is 140 Å². The van der Waals surface area contributed by atoms with E-state index >= 15 is 0 Å². The third kappa shape index (κ3) is 2.58. The van der Waals surface area contributed by atoms with Crippen LogP contribution in [0.4, 0.5) is 5.69 Å². The van der Waals surface area contributed by atoms with Gasteiger partial charge in [-0.1, -0.05) is 41.1 Å². The molecule has 0 bridgehead atoms. The molecule has 120 valence electrons. The summed E-state index contributed by atoms with van der Waals surface area (Å²) in [4.78, 5) is 14.7. The number of nitrogens with zero attached hydrogens (tertiary/aromatic N) is 4. The standard InChI is InChI=1S/C19H18N4O/c1-14-8-10-16(11-9-14)23-13-17(20-21-23)19(24)22-12-4-6-15-5-2-3-7-18(15)22/h2-3,5,7-11,13H,4,6,12H2,1H3. The molecule has 3 aromatic rings. The van der Waals surface area contributed by atoms with Gasteiger partial charge in [0.25, 0.3) is 5.91 Å². The van der Waals surface area contributed by atoms with Gasteiger partial charge in [0, 0.05) is 12.2 Å². The highest BCUT2D eigenvalue weighted by molar-refractivity contribution is 6.05. The number of anilines is 1. The van der Waals surface area contributed by atoms with Crippen LogP contribution in [-0.2, 0) is 6.42 Å². The third-order valence-electron chi connectivity index (χ3n) is 4.37. The fraction of sp³-hybridized carbons (Fsp3) is 0.211. The lowest BCUT2D eigenvalue weighted by molar-refractivity contribution is 0.0980. The van der Waals surface area contributed by atoms with Gasteiger partial charge >= 0.3 is 0 Å². The van der Waals surface area contributed by atoms with E-state index in [-0.39, 0.29) is 5.91 Å². The van der Waals surface area contributed by atoms with Crippen molar-refractivity contribution >= 4 is 11.6 Å². The van der Waals surface area contributed by atoms with Crippen molar-refractivity contribution in [2.24, 2.45) is 0 Å². The summed E-state index contributed by atoms with van der Waals surface area (Å²) in [5.41, 5.74) is 4.64. The molecule has 1 amide bonds. The maximum absolute atomic E-state index is 12.9. The van der Waals surface area contributed by atoms with Gasteiger partial charge < -0.3 is 4.90 Å². The molecule has 1 aromatic heterocycles. The smallest absolute Gasteiger partial charge is 0.280 e. The first kappa shape index (κ1) is 14.6. The summed E-state index contributed by atoms with van der Waals surface area (Å²) in [5.74, 6) is -0.0967. The molecule has 4 rings (SSSR count). The summed E-state index contributed by atoms with van der Waals surface area (Å²) in [5, 5.41) is 8.19. The fourth-order valence-electron chi connectivity index (χ4n) is 3.07. The van der Waals surface area contributed by atoms with Gasteiger partial charge in [-0.15, -0.1) is 5.10 Å². The number of aromatic nitrogens is 3. The minimum absolute atomic E-state index is 0.0967. The highest BCUT2D eigenvalue weighted by Crippen LogP contribution is 2.27. The van der Waals surface area contributed by atoms with Crippen LogP contribution in [0.3, 0.4) is 0 Å². The van der Waals surface area contributed by atoms with Crippen molar-refractivity contribution in [3.05, 3.63) is 71.5 Å². The zero-order valence-electron chi connectivity index (χ0n) is 13.5. The Morgan fingerprint density at radius 3 is 2.71 bits per heavy atom. The van der Waals surface area contributed by atoms with E-state index in [9.17, 15) is 4.79 Å². The molecule has 0 saturated heterocycles. The van der Waals surface area contributed by atoms with Gasteiger partial charge in [0.1, 0.15) is 0 Å². The maximum Gasteiger partial charge on any atom is 0.280 e. The molecule has 24 heavy (non-hydrogen) atoms. The largest absolute Gasteiger partial charge is 0.307 e. The van der Waals surface area contributed by atoms with E-state index in [2.05, 4.69) is 16.4 Å². The average molecular weight is 318 g/mol. The van der Waals surface area contributed by atoms with Crippen LogP contribution in [0, 0.1) is 6.92 Å². The lowest BCUT2D eigenvalue weighted by Crippen LogP contribution is -2.35. The van der Waals surface area contributed by atoms with E-state index < -0.39 is 0 Å². The van der Waals surface area contributed by atoms with Crippen LogP contribution in [-0.4, -0.2) is 27.4 Å². The SMILES string of the molecule is Cc1ccc(-n2cc(C(=O)N3CCCc4ccccc43)nn2)cc1. The number of amides is 1. The molecule has 5 heteroatoms. The Balaban J connectivity index is 1.63. The number of benzene rings is 2. The number of para-hydroxylation sites is 1. The first-order chi connectivity index (χ1) is 11.7. The summed E-state index contributed by atoms with van der Waals surface area (Å²) in [6.07, 6.45) is 3.68. The summed E-state index contributed by atoms with van der Waals surface area (Å²) in [6.45, 7) is 2.75. The number of carbonyl (C=O) groups is 1. The number of hydrogen-bond acceptors (Lipinski definition) is 3. The number of hydrogen-bond donors (Lipinski definition) is 0. The highest BCUT2D eigenvalue weighted by atomic mass is 16.2. The number of fused-ring (bicyclic) bond motifs is 1. The normalized spacial score (nSPS) is 13.6. The Morgan fingerprint density at radius 1 is 1.08 bits per heavy atom. The molecular formula is C19H18N4O. The van der Waals surface area contributed by atoms with Crippen molar-refractivity contribution in [2.45, 2.75) is 19.8 Å². The molecule has 0 fully saturated rings. The van der Waals surface area contributed by atoms with E-state index in [1.807, 2.05) is 54.3 Å². The molecule has 2 aromatic carbocycles. The van der Waals surface area contributed by atoms with Gasteiger partial charge in [-0.25, -0.2) is 4.68 Å². The first-order valence-electron chi connectivity index (χ1n) is 8.11. The van der Waals surface area contributed by atoms with Gasteiger partial charge in [0.15, 0.2) is 5.69 Å². The van der Waals surface area contributed by atoms with E-state index in [1.54, 1.807) is 10.9 Å². The van der Waals surface area contributed by atoms with Crippen LogP contribution in [0.5, 0.6) is 0 Å². The quantitative estimate of drug-likeness (QED) is 0.729. The molecule has 1 aliphatic heterocycles. The number of rotatable bonds is 2. The van der Waals surface area contributed by atoms with Crippen molar-refractivity contribution in [1.29, 1.82) is 0 Å². The molecule has 0 N–H and O–H groups in total. The van der Waals surface area contributed by atoms with Gasteiger partial charge in [0.05, 0.1) is 11.9 Å². The Bertz CT molecular complexity index is 882. The zero-order valence-corrected chi connectivity index (χ0v) is 13.5. The van der Waals surface area contributed by atoms with Crippen molar-refractivity contribution in [1.82, 2.24) is 15.0 Å². The van der Waals surface area contributed by atoms with Gasteiger partial charge in [0.2, 0.25) is 0 Å². The molecular weight excluding hydrogens is 300 g/mol. The van der Waals surface area contributed by atoms with E-state index in [4.69, 9.17) is 0 Å². The predicted octanol–water partition coefficient (Wildman–Crippen LogP) is 3.17. The van der Waals surface area contributed by atoms with Crippen LogP contribution in [0.15, 0.2) is 54.7 Å². The second-order valence-electron chi connectivity index (χ2n) is 6.07. The lowest BCUT2D eigenvalue weighted by atomic mass is 10.0. The van der Waals surface area contributed by atoms with Crippen molar-refractivity contribution in [3.8, 4) is 5.69 Å². The predicted molar refractivity (Wildman–Crippen MR) is 92.5 cm³/mol. The minimum atomic E-state index is -0.0967. The summed E-state index contributed by atoms with van der Waals surface area (Å²) >= 11 is 0. The summed E-state index contributed by atoms with van der Waals surface area (Å²) < 4.78 is 1.64. The van der Waals surface area contributed by atoms with E-state index in [0.29, 0.717) is 12.2 Å². The van der Waals surface area contributed by atoms with Crippen LogP contribution >= 0.6 is 0 Å². The molecule has 1 aliphatic rings. The first-order valence-corrected chi connectivity index (χ1v) is 8.11. The summed E-state index contributed by atoms with van der Waals surface area (Å²) in [7, 11) is 0. The van der Waals surface area contributed by atoms with Crippen LogP contribution in [0.25, 0.3) is 5.69 Å². The number of aryl methyl sites for hydroxylation is 2. The number of carbonyl (C=O) groups excluding carboxylic acids is 1. The summed E-state index contributed by atoms with van der Waals surface area (Å²) in [6, 6.07) is 16.0. The van der Waals surface area contributed by atoms with Crippen molar-refractivity contribution in [2.75, 3.05) is 11.4 Å². The van der Waals surface area contributed by atoms with E-state index in [1.165, 1.54) is 11.1 Å². The Hall–Kier alpha value is -2.95. The van der Waals surface area contributed by atoms with Crippen LogP contribution < -0.4 is 4.90 Å². The van der Waals surface area contributed by atoms with Crippen LogP contribution in [0.2, 0.25) is 0 Å². The molecule has 0 atom stereocenters. The molecule has 2 heterocycles. The molecule has 5 nitrogen and oxygen atoms in total. The second kappa shape index (κ2) is 5.92.